The van der Waals surface area contributed by atoms with E-state index in [4.69, 9.17) is 0 Å². The number of amides is 1. The van der Waals surface area contributed by atoms with Gasteiger partial charge in [-0.15, -0.1) is 0 Å². The van der Waals surface area contributed by atoms with Crippen molar-refractivity contribution in [3.8, 4) is 0 Å². The molecule has 0 aliphatic carbocycles. The Bertz CT molecular complexity index is 1100. The van der Waals surface area contributed by atoms with Crippen LogP contribution in [0.5, 0.6) is 0 Å². The second-order valence-electron chi connectivity index (χ2n) is 6.62. The van der Waals surface area contributed by atoms with Crippen LogP contribution in [0.2, 0.25) is 0 Å². The largest absolute Gasteiger partial charge is 0.276 e. The number of carbonyl (C=O) groups is 1. The third-order valence-corrected chi connectivity index (χ3v) is 5.17. The average molecular weight is 434 g/mol. The number of benzene rings is 3. The summed E-state index contributed by atoms with van der Waals surface area (Å²) in [6, 6.07) is 22.3. The van der Waals surface area contributed by atoms with Crippen molar-refractivity contribution >= 4 is 39.3 Å². The van der Waals surface area contributed by atoms with Gasteiger partial charge in [-0.3, -0.25) is 9.69 Å². The van der Waals surface area contributed by atoms with Crippen LogP contribution >= 0.6 is 15.9 Å². The molecule has 1 aliphatic rings. The Morgan fingerprint density at radius 3 is 2.36 bits per heavy atom. The van der Waals surface area contributed by atoms with Gasteiger partial charge >= 0.3 is 0 Å². The van der Waals surface area contributed by atoms with E-state index in [1.54, 1.807) is 24.0 Å². The molecule has 138 valence electrons. The molecule has 0 N–H and O–H groups in total. The zero-order valence-corrected chi connectivity index (χ0v) is 16.8. The van der Waals surface area contributed by atoms with Crippen LogP contribution in [0.4, 0.5) is 10.1 Å². The quantitative estimate of drug-likeness (QED) is 0.439. The van der Waals surface area contributed by atoms with E-state index < -0.39 is 0 Å². The summed E-state index contributed by atoms with van der Waals surface area (Å²) in [6.45, 7) is 1.70. The van der Waals surface area contributed by atoms with Gasteiger partial charge in [-0.25, -0.2) is 4.39 Å². The normalized spacial score (nSPS) is 15.2. The van der Waals surface area contributed by atoms with Crippen LogP contribution in [0.25, 0.3) is 11.8 Å². The van der Waals surface area contributed by atoms with Gasteiger partial charge in [0.15, 0.2) is 0 Å². The highest BCUT2D eigenvalue weighted by atomic mass is 79.9. The number of nitrogens with zero attached hydrogens (tertiary/aromatic N) is 1. The van der Waals surface area contributed by atoms with E-state index in [0.29, 0.717) is 16.8 Å². The SMILES string of the molecule is Cc1cc(N2C(=O)/C(=C/c3ccc(Br)cc3)C=C2c2ccccc2)ccc1F. The van der Waals surface area contributed by atoms with E-state index in [1.807, 2.05) is 66.7 Å². The summed E-state index contributed by atoms with van der Waals surface area (Å²) >= 11 is 3.42. The van der Waals surface area contributed by atoms with Gasteiger partial charge in [0, 0.05) is 15.7 Å². The van der Waals surface area contributed by atoms with Crippen LogP contribution in [-0.4, -0.2) is 5.91 Å². The Hall–Kier alpha value is -2.98. The highest BCUT2D eigenvalue weighted by molar-refractivity contribution is 9.10. The lowest BCUT2D eigenvalue weighted by Crippen LogP contribution is -2.25. The molecule has 1 aliphatic heterocycles. The fourth-order valence-electron chi connectivity index (χ4n) is 3.20. The van der Waals surface area contributed by atoms with E-state index in [0.717, 1.165) is 21.3 Å². The zero-order chi connectivity index (χ0) is 19.7. The highest BCUT2D eigenvalue weighted by Gasteiger charge is 2.30. The number of hydrogen-bond acceptors (Lipinski definition) is 1. The molecule has 0 fully saturated rings. The Morgan fingerprint density at radius 2 is 1.68 bits per heavy atom. The Labute approximate surface area is 171 Å². The monoisotopic (exact) mass is 433 g/mol. The fourth-order valence-corrected chi connectivity index (χ4v) is 3.46. The number of aryl methyl sites for hydroxylation is 1. The van der Waals surface area contributed by atoms with Crippen molar-refractivity contribution in [3.63, 3.8) is 0 Å². The molecule has 0 unspecified atom stereocenters. The van der Waals surface area contributed by atoms with Gasteiger partial charge in [0.05, 0.1) is 5.70 Å². The molecule has 0 spiro atoms. The molecule has 4 rings (SSSR count). The van der Waals surface area contributed by atoms with E-state index in [1.165, 1.54) is 6.07 Å². The van der Waals surface area contributed by atoms with Crippen molar-refractivity contribution < 1.29 is 9.18 Å². The minimum atomic E-state index is -0.286. The minimum absolute atomic E-state index is 0.132. The van der Waals surface area contributed by atoms with Gasteiger partial charge in [0.25, 0.3) is 5.91 Å². The summed E-state index contributed by atoms with van der Waals surface area (Å²) in [7, 11) is 0. The van der Waals surface area contributed by atoms with Crippen LogP contribution in [0.15, 0.2) is 88.9 Å². The third kappa shape index (κ3) is 3.56. The average Bonchev–Trinajstić information content (AvgIpc) is 3.03. The molecular weight excluding hydrogens is 417 g/mol. The molecule has 0 radical (unpaired) electrons. The smallest absolute Gasteiger partial charge is 0.262 e. The molecule has 3 aromatic carbocycles. The van der Waals surface area contributed by atoms with Gasteiger partial charge in [-0.2, -0.15) is 0 Å². The predicted molar refractivity (Wildman–Crippen MR) is 115 cm³/mol. The Morgan fingerprint density at radius 1 is 0.964 bits per heavy atom. The molecule has 1 heterocycles. The molecule has 0 atom stereocenters. The second kappa shape index (κ2) is 7.56. The topological polar surface area (TPSA) is 20.3 Å². The van der Waals surface area contributed by atoms with Crippen molar-refractivity contribution in [2.45, 2.75) is 6.92 Å². The molecule has 3 aromatic rings. The molecular formula is C24H17BrFNO. The minimum Gasteiger partial charge on any atom is -0.276 e. The summed E-state index contributed by atoms with van der Waals surface area (Å²) in [4.78, 5) is 14.9. The fraction of sp³-hybridized carbons (Fsp3) is 0.0417. The van der Waals surface area contributed by atoms with Crippen LogP contribution in [0.1, 0.15) is 16.7 Å². The van der Waals surface area contributed by atoms with Crippen molar-refractivity contribution in [2.75, 3.05) is 4.90 Å². The van der Waals surface area contributed by atoms with Gasteiger partial charge in [0.1, 0.15) is 5.82 Å². The number of anilines is 1. The standard InChI is InChI=1S/C24H17BrFNO/c1-16-13-21(11-12-22(16)26)27-23(18-5-3-2-4-6-18)15-19(24(27)28)14-17-7-9-20(25)10-8-17/h2-15H,1H3/b19-14+. The molecule has 28 heavy (non-hydrogen) atoms. The lowest BCUT2D eigenvalue weighted by Gasteiger charge is -2.21. The van der Waals surface area contributed by atoms with Gasteiger partial charge in [-0.1, -0.05) is 58.4 Å². The van der Waals surface area contributed by atoms with Gasteiger partial charge < -0.3 is 0 Å². The van der Waals surface area contributed by atoms with Crippen LogP contribution in [-0.2, 0) is 4.79 Å². The first-order valence-corrected chi connectivity index (χ1v) is 9.67. The van der Waals surface area contributed by atoms with Crippen LogP contribution in [0, 0.1) is 12.7 Å². The summed E-state index contributed by atoms with van der Waals surface area (Å²) in [5, 5.41) is 0. The summed E-state index contributed by atoms with van der Waals surface area (Å²) in [6.07, 6.45) is 3.76. The lowest BCUT2D eigenvalue weighted by molar-refractivity contribution is -0.113. The molecule has 0 aromatic heterocycles. The summed E-state index contributed by atoms with van der Waals surface area (Å²) < 4.78 is 14.7. The first-order chi connectivity index (χ1) is 13.5. The summed E-state index contributed by atoms with van der Waals surface area (Å²) in [5.41, 5.74) is 4.38. The van der Waals surface area contributed by atoms with E-state index in [-0.39, 0.29) is 11.7 Å². The van der Waals surface area contributed by atoms with Gasteiger partial charge in [-0.05, 0) is 66.1 Å². The van der Waals surface area contributed by atoms with Crippen molar-refractivity contribution in [1.29, 1.82) is 0 Å². The predicted octanol–water partition coefficient (Wildman–Crippen LogP) is 6.37. The van der Waals surface area contributed by atoms with E-state index in [9.17, 15) is 9.18 Å². The molecule has 1 amide bonds. The van der Waals surface area contributed by atoms with E-state index >= 15 is 0 Å². The van der Waals surface area contributed by atoms with Crippen molar-refractivity contribution in [3.05, 3.63) is 111 Å². The maximum atomic E-state index is 13.8. The molecule has 2 nitrogen and oxygen atoms in total. The zero-order valence-electron chi connectivity index (χ0n) is 15.2. The van der Waals surface area contributed by atoms with Crippen LogP contribution in [0.3, 0.4) is 0 Å². The van der Waals surface area contributed by atoms with E-state index in [2.05, 4.69) is 15.9 Å². The number of halogens is 2. The molecule has 0 saturated heterocycles. The summed E-state index contributed by atoms with van der Waals surface area (Å²) in [5.74, 6) is -0.418. The third-order valence-electron chi connectivity index (χ3n) is 4.64. The Kier molecular flexibility index (Phi) is 4.97. The van der Waals surface area contributed by atoms with Crippen molar-refractivity contribution in [1.82, 2.24) is 0 Å². The second-order valence-corrected chi connectivity index (χ2v) is 7.54. The number of carbonyl (C=O) groups excluding carboxylic acids is 1. The molecule has 0 saturated carbocycles. The lowest BCUT2D eigenvalue weighted by atomic mass is 10.1. The number of rotatable bonds is 3. The highest BCUT2D eigenvalue weighted by Crippen LogP contribution is 2.35. The van der Waals surface area contributed by atoms with Gasteiger partial charge in [0.2, 0.25) is 0 Å². The molecule has 0 bridgehead atoms. The first kappa shape index (κ1) is 18.4. The number of hydrogen-bond donors (Lipinski definition) is 0. The maximum Gasteiger partial charge on any atom is 0.262 e. The van der Waals surface area contributed by atoms with Crippen LogP contribution < -0.4 is 4.90 Å². The maximum absolute atomic E-state index is 13.8. The molecule has 4 heteroatoms. The van der Waals surface area contributed by atoms with Crippen molar-refractivity contribution in [2.24, 2.45) is 0 Å². The first-order valence-electron chi connectivity index (χ1n) is 8.88. The Balaban J connectivity index is 1.82.